The summed E-state index contributed by atoms with van der Waals surface area (Å²) in [6, 6.07) is 12.2. The Labute approximate surface area is 156 Å². The van der Waals surface area contributed by atoms with Crippen LogP contribution >= 0.6 is 11.8 Å². The number of hydrogen-bond donors (Lipinski definition) is 1. The summed E-state index contributed by atoms with van der Waals surface area (Å²) in [6.45, 7) is 1.79. The van der Waals surface area contributed by atoms with Crippen LogP contribution in [-0.4, -0.2) is 38.5 Å². The highest BCUT2D eigenvalue weighted by molar-refractivity contribution is 8.00. The van der Waals surface area contributed by atoms with Gasteiger partial charge in [-0.3, -0.25) is 4.79 Å². The summed E-state index contributed by atoms with van der Waals surface area (Å²) in [6.07, 6.45) is 0. The quantitative estimate of drug-likeness (QED) is 0.589. The molecule has 0 aromatic heterocycles. The van der Waals surface area contributed by atoms with E-state index in [0.29, 0.717) is 22.7 Å². The molecule has 138 valence electrons. The molecular weight excluding hydrogens is 354 g/mol. The van der Waals surface area contributed by atoms with E-state index in [1.807, 2.05) is 12.1 Å². The van der Waals surface area contributed by atoms with E-state index in [9.17, 15) is 9.59 Å². The molecule has 0 aliphatic heterocycles. The normalized spacial score (nSPS) is 11.4. The number of para-hydroxylation sites is 1. The average molecular weight is 375 g/mol. The van der Waals surface area contributed by atoms with Crippen LogP contribution in [-0.2, 0) is 9.53 Å². The predicted molar refractivity (Wildman–Crippen MR) is 101 cm³/mol. The van der Waals surface area contributed by atoms with Crippen LogP contribution in [0.5, 0.6) is 11.5 Å². The van der Waals surface area contributed by atoms with Gasteiger partial charge in [0.2, 0.25) is 5.91 Å². The molecule has 6 nitrogen and oxygen atoms in total. The van der Waals surface area contributed by atoms with E-state index in [-0.39, 0.29) is 11.2 Å². The number of amides is 1. The van der Waals surface area contributed by atoms with Gasteiger partial charge in [-0.25, -0.2) is 4.79 Å². The van der Waals surface area contributed by atoms with Gasteiger partial charge < -0.3 is 19.5 Å². The number of benzene rings is 2. The van der Waals surface area contributed by atoms with E-state index in [4.69, 9.17) is 14.2 Å². The molecule has 0 saturated carbocycles. The highest BCUT2D eigenvalue weighted by Crippen LogP contribution is 2.33. The predicted octanol–water partition coefficient (Wildman–Crippen LogP) is 3.61. The number of rotatable bonds is 7. The topological polar surface area (TPSA) is 73.9 Å². The van der Waals surface area contributed by atoms with Gasteiger partial charge in [-0.05, 0) is 37.3 Å². The lowest BCUT2D eigenvalue weighted by atomic mass is 10.2. The van der Waals surface area contributed by atoms with Gasteiger partial charge in [-0.15, -0.1) is 11.8 Å². The summed E-state index contributed by atoms with van der Waals surface area (Å²) >= 11 is 1.38. The van der Waals surface area contributed by atoms with Crippen molar-refractivity contribution in [1.29, 1.82) is 0 Å². The number of ether oxygens (including phenoxy) is 3. The summed E-state index contributed by atoms with van der Waals surface area (Å²) in [4.78, 5) is 25.2. The summed E-state index contributed by atoms with van der Waals surface area (Å²) in [5.41, 5.74) is 0.732. The summed E-state index contributed by atoms with van der Waals surface area (Å²) in [5.74, 6) is 0.504. The van der Waals surface area contributed by atoms with E-state index in [1.165, 1.54) is 18.9 Å². The number of nitrogens with one attached hydrogen (secondary N) is 1. The van der Waals surface area contributed by atoms with Crippen molar-refractivity contribution >= 4 is 29.3 Å². The van der Waals surface area contributed by atoms with Crippen LogP contribution in [0.3, 0.4) is 0 Å². The molecule has 0 saturated heterocycles. The fourth-order valence-corrected chi connectivity index (χ4v) is 3.16. The molecule has 0 bridgehead atoms. The van der Waals surface area contributed by atoms with Crippen LogP contribution in [0.15, 0.2) is 47.4 Å². The highest BCUT2D eigenvalue weighted by atomic mass is 32.2. The van der Waals surface area contributed by atoms with Crippen molar-refractivity contribution in [2.75, 3.05) is 26.6 Å². The monoisotopic (exact) mass is 375 g/mol. The Hall–Kier alpha value is -2.67. The molecule has 2 aromatic rings. The Bertz CT molecular complexity index is 793. The summed E-state index contributed by atoms with van der Waals surface area (Å²) in [7, 11) is 4.43. The first-order valence-corrected chi connectivity index (χ1v) is 8.75. The van der Waals surface area contributed by atoms with Crippen LogP contribution in [0.1, 0.15) is 17.3 Å². The number of thioether (sulfide) groups is 1. The summed E-state index contributed by atoms with van der Waals surface area (Å²) < 4.78 is 15.2. The maximum atomic E-state index is 12.5. The Morgan fingerprint density at radius 3 is 2.35 bits per heavy atom. The zero-order valence-corrected chi connectivity index (χ0v) is 15.9. The van der Waals surface area contributed by atoms with Crippen molar-refractivity contribution in [1.82, 2.24) is 0 Å². The van der Waals surface area contributed by atoms with Crippen molar-refractivity contribution in [2.45, 2.75) is 17.1 Å². The molecule has 2 rings (SSSR count). The molecule has 0 aliphatic rings. The van der Waals surface area contributed by atoms with Gasteiger partial charge in [0.25, 0.3) is 0 Å². The maximum Gasteiger partial charge on any atom is 0.339 e. The fourth-order valence-electron chi connectivity index (χ4n) is 2.26. The SMILES string of the molecule is COC(=O)c1ccccc1NC(=O)[C@H](C)Sc1ccc(OC)c(OC)c1. The van der Waals surface area contributed by atoms with E-state index in [1.54, 1.807) is 51.5 Å². The standard InChI is InChI=1S/C19H21NO5S/c1-12(26-13-9-10-16(23-2)17(11-13)24-3)18(21)20-15-8-6-5-7-14(15)19(22)25-4/h5-12H,1-4H3,(H,20,21)/t12-/m0/s1. The largest absolute Gasteiger partial charge is 0.493 e. The number of carbonyl (C=O) groups is 2. The van der Waals surface area contributed by atoms with Crippen molar-refractivity contribution in [3.8, 4) is 11.5 Å². The van der Waals surface area contributed by atoms with Gasteiger partial charge in [0, 0.05) is 4.90 Å². The zero-order chi connectivity index (χ0) is 19.1. The first-order valence-electron chi connectivity index (χ1n) is 7.87. The molecule has 0 heterocycles. The second-order valence-electron chi connectivity index (χ2n) is 5.30. The minimum Gasteiger partial charge on any atom is -0.493 e. The molecule has 0 unspecified atom stereocenters. The van der Waals surface area contributed by atoms with Crippen LogP contribution in [0.2, 0.25) is 0 Å². The number of esters is 1. The van der Waals surface area contributed by atoms with Gasteiger partial charge in [0.05, 0.1) is 37.8 Å². The van der Waals surface area contributed by atoms with E-state index >= 15 is 0 Å². The third-order valence-corrected chi connectivity index (χ3v) is 4.72. The van der Waals surface area contributed by atoms with Gasteiger partial charge in [-0.1, -0.05) is 12.1 Å². The molecule has 1 atom stereocenters. The number of carbonyl (C=O) groups excluding carboxylic acids is 2. The second-order valence-corrected chi connectivity index (χ2v) is 6.72. The number of hydrogen-bond acceptors (Lipinski definition) is 6. The molecule has 0 spiro atoms. The number of anilines is 1. The van der Waals surface area contributed by atoms with Crippen molar-refractivity contribution < 1.29 is 23.8 Å². The first-order chi connectivity index (χ1) is 12.5. The third kappa shape index (κ3) is 4.70. The Kier molecular flexibility index (Phi) is 6.91. The van der Waals surface area contributed by atoms with E-state index in [0.717, 1.165) is 4.90 Å². The minimum atomic E-state index is -0.499. The van der Waals surface area contributed by atoms with Crippen molar-refractivity contribution in [2.24, 2.45) is 0 Å². The molecule has 0 fully saturated rings. The van der Waals surface area contributed by atoms with Gasteiger partial charge in [-0.2, -0.15) is 0 Å². The minimum absolute atomic E-state index is 0.221. The van der Waals surface area contributed by atoms with Crippen molar-refractivity contribution in [3.05, 3.63) is 48.0 Å². The molecule has 1 amide bonds. The second kappa shape index (κ2) is 9.15. The lowest BCUT2D eigenvalue weighted by Crippen LogP contribution is -2.23. The molecule has 2 aromatic carbocycles. The molecule has 0 aliphatic carbocycles. The Morgan fingerprint density at radius 2 is 1.69 bits per heavy atom. The molecule has 7 heteroatoms. The third-order valence-electron chi connectivity index (χ3n) is 3.63. The van der Waals surface area contributed by atoms with Crippen LogP contribution < -0.4 is 14.8 Å². The fraction of sp³-hybridized carbons (Fsp3) is 0.263. The van der Waals surface area contributed by atoms with E-state index in [2.05, 4.69) is 5.32 Å². The Balaban J connectivity index is 2.10. The lowest BCUT2D eigenvalue weighted by Gasteiger charge is -2.15. The van der Waals surface area contributed by atoms with Gasteiger partial charge in [0.1, 0.15) is 0 Å². The van der Waals surface area contributed by atoms with Crippen LogP contribution in [0.4, 0.5) is 5.69 Å². The van der Waals surface area contributed by atoms with Crippen molar-refractivity contribution in [3.63, 3.8) is 0 Å². The zero-order valence-electron chi connectivity index (χ0n) is 15.1. The molecular formula is C19H21NO5S. The molecule has 26 heavy (non-hydrogen) atoms. The van der Waals surface area contributed by atoms with E-state index < -0.39 is 5.97 Å². The van der Waals surface area contributed by atoms with Gasteiger partial charge >= 0.3 is 5.97 Å². The smallest absolute Gasteiger partial charge is 0.339 e. The lowest BCUT2D eigenvalue weighted by molar-refractivity contribution is -0.115. The van der Waals surface area contributed by atoms with Crippen LogP contribution in [0.25, 0.3) is 0 Å². The Morgan fingerprint density at radius 1 is 1.00 bits per heavy atom. The molecule has 1 N–H and O–H groups in total. The first kappa shape index (κ1) is 19.7. The highest BCUT2D eigenvalue weighted by Gasteiger charge is 2.19. The average Bonchev–Trinajstić information content (AvgIpc) is 2.67. The summed E-state index contributed by atoms with van der Waals surface area (Å²) in [5, 5.41) is 2.39. The van der Waals surface area contributed by atoms with Gasteiger partial charge in [0.15, 0.2) is 11.5 Å². The van der Waals surface area contributed by atoms with Crippen LogP contribution in [0, 0.1) is 0 Å². The number of methoxy groups -OCH3 is 3. The molecule has 0 radical (unpaired) electrons. The maximum absolute atomic E-state index is 12.5.